The van der Waals surface area contributed by atoms with Gasteiger partial charge in [-0.25, -0.2) is 9.18 Å². The number of carboxylic acids is 1. The number of carbonyl (C=O) groups is 2. The standard InChI is InChI=1S/C14H19FN2O3/c1-9-6-11(15)8-12(7-9)17-14(20)16-10(2)4-3-5-13(18)19/h6-8,10H,3-5H2,1-2H3,(H,18,19)(H2,16,17,20). The molecule has 0 saturated heterocycles. The number of anilines is 1. The number of carboxylic acid groups (broad SMARTS) is 1. The van der Waals surface area contributed by atoms with E-state index in [1.807, 2.05) is 0 Å². The van der Waals surface area contributed by atoms with E-state index in [4.69, 9.17) is 5.11 Å². The van der Waals surface area contributed by atoms with Crippen LogP contribution in [0.3, 0.4) is 0 Å². The number of hydrogen-bond acceptors (Lipinski definition) is 2. The second-order valence-electron chi connectivity index (χ2n) is 4.80. The Balaban J connectivity index is 2.40. The highest BCUT2D eigenvalue weighted by Crippen LogP contribution is 2.13. The lowest BCUT2D eigenvalue weighted by Gasteiger charge is -2.14. The van der Waals surface area contributed by atoms with E-state index in [1.54, 1.807) is 19.9 Å². The Bertz CT molecular complexity index is 471. The fraction of sp³-hybridized carbons (Fsp3) is 0.429. The van der Waals surface area contributed by atoms with Crippen molar-refractivity contribution in [3.63, 3.8) is 0 Å². The van der Waals surface area contributed by atoms with Crippen molar-refractivity contribution in [1.82, 2.24) is 5.32 Å². The molecule has 1 aromatic carbocycles. The summed E-state index contributed by atoms with van der Waals surface area (Å²) in [7, 11) is 0. The van der Waals surface area contributed by atoms with Gasteiger partial charge >= 0.3 is 12.0 Å². The quantitative estimate of drug-likeness (QED) is 0.750. The van der Waals surface area contributed by atoms with Gasteiger partial charge in [-0.3, -0.25) is 4.79 Å². The zero-order valence-corrected chi connectivity index (χ0v) is 11.6. The lowest BCUT2D eigenvalue weighted by Crippen LogP contribution is -2.36. The number of rotatable bonds is 6. The van der Waals surface area contributed by atoms with Gasteiger partial charge in [0, 0.05) is 18.2 Å². The summed E-state index contributed by atoms with van der Waals surface area (Å²) >= 11 is 0. The molecule has 6 heteroatoms. The minimum Gasteiger partial charge on any atom is -0.481 e. The second-order valence-corrected chi connectivity index (χ2v) is 4.80. The number of halogens is 1. The number of aliphatic carboxylic acids is 1. The topological polar surface area (TPSA) is 78.4 Å². The first-order valence-corrected chi connectivity index (χ1v) is 6.43. The third-order valence-corrected chi connectivity index (χ3v) is 2.71. The Morgan fingerprint density at radius 2 is 2.05 bits per heavy atom. The van der Waals surface area contributed by atoms with Gasteiger partial charge in [-0.2, -0.15) is 0 Å². The van der Waals surface area contributed by atoms with E-state index in [0.717, 1.165) is 5.56 Å². The van der Waals surface area contributed by atoms with Crippen LogP contribution in [0.15, 0.2) is 18.2 Å². The van der Waals surface area contributed by atoms with Gasteiger partial charge in [-0.1, -0.05) is 0 Å². The van der Waals surface area contributed by atoms with Gasteiger partial charge in [0.2, 0.25) is 0 Å². The third-order valence-electron chi connectivity index (χ3n) is 2.71. The van der Waals surface area contributed by atoms with E-state index in [-0.39, 0.29) is 12.5 Å². The Morgan fingerprint density at radius 1 is 1.35 bits per heavy atom. The fourth-order valence-corrected chi connectivity index (χ4v) is 1.83. The van der Waals surface area contributed by atoms with Crippen LogP contribution in [0.25, 0.3) is 0 Å². The average Bonchev–Trinajstić information content (AvgIpc) is 2.25. The van der Waals surface area contributed by atoms with Crippen LogP contribution in [0.2, 0.25) is 0 Å². The fourth-order valence-electron chi connectivity index (χ4n) is 1.83. The SMILES string of the molecule is Cc1cc(F)cc(NC(=O)NC(C)CCCC(=O)O)c1. The molecule has 110 valence electrons. The monoisotopic (exact) mass is 282 g/mol. The van der Waals surface area contributed by atoms with Crippen LogP contribution >= 0.6 is 0 Å². The molecular formula is C14H19FN2O3. The normalized spacial score (nSPS) is 11.8. The van der Waals surface area contributed by atoms with Crippen LogP contribution in [0.1, 0.15) is 31.7 Å². The molecule has 0 spiro atoms. The largest absolute Gasteiger partial charge is 0.481 e. The van der Waals surface area contributed by atoms with Gasteiger partial charge < -0.3 is 15.7 Å². The molecule has 0 heterocycles. The molecule has 0 saturated carbocycles. The van der Waals surface area contributed by atoms with Crippen LogP contribution in [0.5, 0.6) is 0 Å². The molecule has 0 aromatic heterocycles. The highest BCUT2D eigenvalue weighted by atomic mass is 19.1. The minimum absolute atomic E-state index is 0.0801. The predicted molar refractivity (Wildman–Crippen MR) is 74.2 cm³/mol. The van der Waals surface area contributed by atoms with Crippen LogP contribution < -0.4 is 10.6 Å². The number of nitrogens with one attached hydrogen (secondary N) is 2. The predicted octanol–water partition coefficient (Wildman–Crippen LogP) is 2.90. The third kappa shape index (κ3) is 6.17. The summed E-state index contributed by atoms with van der Waals surface area (Å²) in [5.41, 5.74) is 1.10. The molecule has 0 bridgehead atoms. The van der Waals surface area contributed by atoms with Crippen molar-refractivity contribution >= 4 is 17.7 Å². The summed E-state index contributed by atoms with van der Waals surface area (Å²) in [5, 5.41) is 13.7. The van der Waals surface area contributed by atoms with Crippen molar-refractivity contribution in [1.29, 1.82) is 0 Å². The van der Waals surface area contributed by atoms with Gasteiger partial charge in [0.05, 0.1) is 0 Å². The Morgan fingerprint density at radius 3 is 2.65 bits per heavy atom. The van der Waals surface area contributed by atoms with Gasteiger partial charge in [0.1, 0.15) is 5.82 Å². The van der Waals surface area contributed by atoms with Gasteiger partial charge in [0.25, 0.3) is 0 Å². The van der Waals surface area contributed by atoms with E-state index in [1.165, 1.54) is 12.1 Å². The molecule has 0 radical (unpaired) electrons. The van der Waals surface area contributed by atoms with Gasteiger partial charge in [-0.05, 0) is 50.5 Å². The van der Waals surface area contributed by atoms with Crippen LogP contribution in [-0.4, -0.2) is 23.1 Å². The Labute approximate surface area is 117 Å². The second kappa shape index (κ2) is 7.47. The number of aryl methyl sites for hydroxylation is 1. The Kier molecular flexibility index (Phi) is 5.96. The van der Waals surface area contributed by atoms with Crippen molar-refractivity contribution in [2.24, 2.45) is 0 Å². The molecule has 3 N–H and O–H groups in total. The molecule has 2 amide bonds. The molecule has 0 fully saturated rings. The molecule has 0 aliphatic heterocycles. The van der Waals surface area contributed by atoms with Crippen molar-refractivity contribution in [3.8, 4) is 0 Å². The minimum atomic E-state index is -0.850. The van der Waals surface area contributed by atoms with Crippen LogP contribution in [0, 0.1) is 12.7 Å². The smallest absolute Gasteiger partial charge is 0.319 e. The molecule has 1 aromatic rings. The number of carbonyl (C=O) groups excluding carboxylic acids is 1. The summed E-state index contributed by atoms with van der Waals surface area (Å²) in [4.78, 5) is 22.1. The zero-order chi connectivity index (χ0) is 15.1. The number of urea groups is 1. The maximum atomic E-state index is 13.2. The van der Waals surface area contributed by atoms with Gasteiger partial charge in [0.15, 0.2) is 0 Å². The van der Waals surface area contributed by atoms with Crippen LogP contribution in [-0.2, 0) is 4.79 Å². The van der Waals surface area contributed by atoms with Crippen molar-refractivity contribution in [2.75, 3.05) is 5.32 Å². The molecular weight excluding hydrogens is 263 g/mol. The molecule has 20 heavy (non-hydrogen) atoms. The van der Waals surface area contributed by atoms with E-state index in [9.17, 15) is 14.0 Å². The van der Waals surface area contributed by atoms with Crippen molar-refractivity contribution in [3.05, 3.63) is 29.6 Å². The maximum Gasteiger partial charge on any atom is 0.319 e. The van der Waals surface area contributed by atoms with Crippen molar-refractivity contribution in [2.45, 2.75) is 39.2 Å². The zero-order valence-electron chi connectivity index (χ0n) is 11.6. The Hall–Kier alpha value is -2.11. The highest BCUT2D eigenvalue weighted by molar-refractivity contribution is 5.89. The molecule has 1 unspecified atom stereocenters. The lowest BCUT2D eigenvalue weighted by atomic mass is 10.1. The average molecular weight is 282 g/mol. The molecule has 1 atom stereocenters. The first kappa shape index (κ1) is 15.9. The molecule has 0 aliphatic carbocycles. The maximum absolute atomic E-state index is 13.2. The van der Waals surface area contributed by atoms with Crippen molar-refractivity contribution < 1.29 is 19.1 Å². The van der Waals surface area contributed by atoms with E-state index in [0.29, 0.717) is 18.5 Å². The molecule has 0 aliphatic rings. The van der Waals surface area contributed by atoms with Gasteiger partial charge in [-0.15, -0.1) is 0 Å². The summed E-state index contributed by atoms with van der Waals surface area (Å²) in [5.74, 6) is -1.26. The number of hydrogen-bond donors (Lipinski definition) is 3. The summed E-state index contributed by atoms with van der Waals surface area (Å²) in [6.07, 6.45) is 1.15. The van der Waals surface area contributed by atoms with Crippen LogP contribution in [0.4, 0.5) is 14.9 Å². The number of amides is 2. The molecule has 1 rings (SSSR count). The molecule has 5 nitrogen and oxygen atoms in total. The van der Waals surface area contributed by atoms with E-state index in [2.05, 4.69) is 10.6 Å². The summed E-state index contributed by atoms with van der Waals surface area (Å²) in [6, 6.07) is 3.69. The first-order valence-electron chi connectivity index (χ1n) is 6.43. The van der Waals surface area contributed by atoms with E-state index >= 15 is 0 Å². The number of benzene rings is 1. The summed E-state index contributed by atoms with van der Waals surface area (Å²) < 4.78 is 13.2. The van der Waals surface area contributed by atoms with E-state index < -0.39 is 17.8 Å². The first-order chi connectivity index (χ1) is 9.36. The summed E-state index contributed by atoms with van der Waals surface area (Å²) in [6.45, 7) is 3.53. The highest BCUT2D eigenvalue weighted by Gasteiger charge is 2.09. The lowest BCUT2D eigenvalue weighted by molar-refractivity contribution is -0.137.